The molecular formula is C15H10N2. The molecule has 0 bridgehead atoms. The number of pyridine rings is 1. The van der Waals surface area contributed by atoms with E-state index in [0.29, 0.717) is 0 Å². The Balaban J connectivity index is 2.35. The van der Waals surface area contributed by atoms with Crippen molar-refractivity contribution >= 4 is 5.52 Å². The summed E-state index contributed by atoms with van der Waals surface area (Å²) in [6.07, 6.45) is 3.96. The number of benzene rings is 1. The summed E-state index contributed by atoms with van der Waals surface area (Å²) < 4.78 is 1.99. The Morgan fingerprint density at radius 2 is 1.71 bits per heavy atom. The molecule has 0 N–H and O–H groups in total. The molecule has 0 aliphatic rings. The zero-order valence-electron chi connectivity index (χ0n) is 9.17. The van der Waals surface area contributed by atoms with Crippen LogP contribution in [0.4, 0.5) is 0 Å². The predicted octanol–water partition coefficient (Wildman–Crippen LogP) is 3.48. The third-order valence-corrected chi connectivity index (χ3v) is 2.88. The Hall–Kier alpha value is -2.53. The fourth-order valence-electron chi connectivity index (χ4n) is 2.08. The van der Waals surface area contributed by atoms with Crippen LogP contribution in [-0.4, -0.2) is 4.40 Å². The predicted molar refractivity (Wildman–Crippen MR) is 67.5 cm³/mol. The molecule has 2 nitrogen and oxygen atoms in total. The first-order valence-corrected chi connectivity index (χ1v) is 5.45. The van der Waals surface area contributed by atoms with Gasteiger partial charge in [0.25, 0.3) is 0 Å². The molecule has 0 aliphatic heterocycles. The van der Waals surface area contributed by atoms with E-state index in [1.54, 1.807) is 0 Å². The van der Waals surface area contributed by atoms with Crippen molar-refractivity contribution in [1.29, 1.82) is 5.26 Å². The van der Waals surface area contributed by atoms with Gasteiger partial charge in [-0.25, -0.2) is 0 Å². The average Bonchev–Trinajstić information content (AvgIpc) is 2.78. The third-order valence-electron chi connectivity index (χ3n) is 2.88. The number of rotatable bonds is 1. The minimum Gasteiger partial charge on any atom is -0.322 e. The van der Waals surface area contributed by atoms with E-state index in [1.807, 2.05) is 65.3 Å². The zero-order valence-corrected chi connectivity index (χ0v) is 9.17. The van der Waals surface area contributed by atoms with Gasteiger partial charge in [-0.3, -0.25) is 0 Å². The molecule has 17 heavy (non-hydrogen) atoms. The van der Waals surface area contributed by atoms with Crippen LogP contribution in [0.5, 0.6) is 0 Å². The van der Waals surface area contributed by atoms with Gasteiger partial charge in [-0.1, -0.05) is 36.4 Å². The second-order valence-electron chi connectivity index (χ2n) is 3.89. The second kappa shape index (κ2) is 3.80. The van der Waals surface area contributed by atoms with E-state index in [0.717, 1.165) is 22.2 Å². The minimum absolute atomic E-state index is 0.733. The molecule has 2 heterocycles. The molecular weight excluding hydrogens is 208 g/mol. The summed E-state index contributed by atoms with van der Waals surface area (Å²) in [6, 6.07) is 18.2. The van der Waals surface area contributed by atoms with Crippen molar-refractivity contribution < 1.29 is 0 Å². The van der Waals surface area contributed by atoms with Gasteiger partial charge in [-0.15, -0.1) is 0 Å². The van der Waals surface area contributed by atoms with Gasteiger partial charge < -0.3 is 4.40 Å². The molecule has 0 atom stereocenters. The van der Waals surface area contributed by atoms with Crippen LogP contribution in [0.2, 0.25) is 0 Å². The normalized spacial score (nSPS) is 10.3. The molecule has 0 saturated carbocycles. The van der Waals surface area contributed by atoms with E-state index in [2.05, 4.69) is 6.07 Å². The summed E-state index contributed by atoms with van der Waals surface area (Å²) in [4.78, 5) is 0. The monoisotopic (exact) mass is 218 g/mol. The molecule has 0 radical (unpaired) electrons. The highest BCUT2D eigenvalue weighted by atomic mass is 14.9. The summed E-state index contributed by atoms with van der Waals surface area (Å²) in [7, 11) is 0. The van der Waals surface area contributed by atoms with Crippen LogP contribution in [0, 0.1) is 11.3 Å². The van der Waals surface area contributed by atoms with Crippen molar-refractivity contribution in [3.05, 3.63) is 66.5 Å². The van der Waals surface area contributed by atoms with Gasteiger partial charge >= 0.3 is 0 Å². The number of aromatic nitrogens is 1. The van der Waals surface area contributed by atoms with E-state index in [-0.39, 0.29) is 0 Å². The van der Waals surface area contributed by atoms with Crippen LogP contribution < -0.4 is 0 Å². The lowest BCUT2D eigenvalue weighted by atomic mass is 10.0. The van der Waals surface area contributed by atoms with Gasteiger partial charge in [0.05, 0.1) is 11.1 Å². The van der Waals surface area contributed by atoms with E-state index >= 15 is 0 Å². The summed E-state index contributed by atoms with van der Waals surface area (Å²) in [6.45, 7) is 0. The number of hydrogen-bond donors (Lipinski definition) is 0. The Morgan fingerprint density at radius 3 is 2.47 bits per heavy atom. The summed E-state index contributed by atoms with van der Waals surface area (Å²) in [5.41, 5.74) is 3.75. The van der Waals surface area contributed by atoms with Crippen molar-refractivity contribution in [2.24, 2.45) is 0 Å². The first-order chi connectivity index (χ1) is 8.40. The fraction of sp³-hybridized carbons (Fsp3) is 0. The van der Waals surface area contributed by atoms with Crippen LogP contribution in [-0.2, 0) is 0 Å². The van der Waals surface area contributed by atoms with Crippen LogP contribution >= 0.6 is 0 Å². The Labute approximate surface area is 99.4 Å². The molecule has 0 amide bonds. The molecule has 0 saturated heterocycles. The molecule has 1 aromatic carbocycles. The first kappa shape index (κ1) is 9.68. The van der Waals surface area contributed by atoms with E-state index in [1.165, 1.54) is 0 Å². The van der Waals surface area contributed by atoms with E-state index in [9.17, 15) is 5.26 Å². The Morgan fingerprint density at radius 1 is 0.941 bits per heavy atom. The highest BCUT2D eigenvalue weighted by molar-refractivity contribution is 5.80. The SMILES string of the molecule is N#Cc1c(-c2ccccc2)cn2ccccc12. The van der Waals surface area contributed by atoms with Crippen molar-refractivity contribution in [2.45, 2.75) is 0 Å². The Bertz CT molecular complexity index is 703. The van der Waals surface area contributed by atoms with Gasteiger partial charge in [0.2, 0.25) is 0 Å². The lowest BCUT2D eigenvalue weighted by Gasteiger charge is -1.96. The summed E-state index contributed by atoms with van der Waals surface area (Å²) in [5.74, 6) is 0. The molecule has 3 rings (SSSR count). The van der Waals surface area contributed by atoms with Crippen molar-refractivity contribution in [3.8, 4) is 17.2 Å². The topological polar surface area (TPSA) is 28.2 Å². The maximum Gasteiger partial charge on any atom is 0.102 e. The van der Waals surface area contributed by atoms with Gasteiger partial charge in [-0.05, 0) is 17.7 Å². The standard InChI is InChI=1S/C15H10N2/c16-10-13-14(12-6-2-1-3-7-12)11-17-9-5-4-8-15(13)17/h1-9,11H. The lowest BCUT2D eigenvalue weighted by molar-refractivity contribution is 1.20. The van der Waals surface area contributed by atoms with E-state index < -0.39 is 0 Å². The molecule has 2 heteroatoms. The van der Waals surface area contributed by atoms with Gasteiger partial charge in [0, 0.05) is 18.0 Å². The number of hydrogen-bond acceptors (Lipinski definition) is 1. The first-order valence-electron chi connectivity index (χ1n) is 5.45. The average molecular weight is 218 g/mol. The molecule has 0 aliphatic carbocycles. The van der Waals surface area contributed by atoms with Crippen LogP contribution in [0.15, 0.2) is 60.9 Å². The van der Waals surface area contributed by atoms with Crippen LogP contribution in [0.25, 0.3) is 16.6 Å². The van der Waals surface area contributed by atoms with Crippen molar-refractivity contribution in [2.75, 3.05) is 0 Å². The summed E-state index contributed by atoms with van der Waals surface area (Å²) in [5, 5.41) is 9.30. The Kier molecular flexibility index (Phi) is 2.16. The van der Waals surface area contributed by atoms with Gasteiger partial charge in [0.1, 0.15) is 6.07 Å². The number of nitrogens with zero attached hydrogens (tertiary/aromatic N) is 2. The van der Waals surface area contributed by atoms with Crippen molar-refractivity contribution in [3.63, 3.8) is 0 Å². The maximum absolute atomic E-state index is 9.30. The molecule has 0 unspecified atom stereocenters. The number of fused-ring (bicyclic) bond motifs is 1. The smallest absolute Gasteiger partial charge is 0.102 e. The fourth-order valence-corrected chi connectivity index (χ4v) is 2.08. The molecule has 0 fully saturated rings. The van der Waals surface area contributed by atoms with Gasteiger partial charge in [0.15, 0.2) is 0 Å². The highest BCUT2D eigenvalue weighted by Gasteiger charge is 2.10. The maximum atomic E-state index is 9.30. The zero-order chi connectivity index (χ0) is 11.7. The minimum atomic E-state index is 0.733. The van der Waals surface area contributed by atoms with Crippen LogP contribution in [0.1, 0.15) is 5.56 Å². The quantitative estimate of drug-likeness (QED) is 0.614. The molecule has 80 valence electrons. The summed E-state index contributed by atoms with van der Waals surface area (Å²) >= 11 is 0. The molecule has 2 aromatic heterocycles. The lowest BCUT2D eigenvalue weighted by Crippen LogP contribution is -1.79. The van der Waals surface area contributed by atoms with Crippen molar-refractivity contribution in [1.82, 2.24) is 4.40 Å². The molecule has 3 aromatic rings. The van der Waals surface area contributed by atoms with Gasteiger partial charge in [-0.2, -0.15) is 5.26 Å². The molecule has 0 spiro atoms. The second-order valence-corrected chi connectivity index (χ2v) is 3.89. The largest absolute Gasteiger partial charge is 0.322 e. The third kappa shape index (κ3) is 1.49. The highest BCUT2D eigenvalue weighted by Crippen LogP contribution is 2.27. The number of nitriles is 1. The van der Waals surface area contributed by atoms with Crippen LogP contribution in [0.3, 0.4) is 0 Å². The van der Waals surface area contributed by atoms with E-state index in [4.69, 9.17) is 0 Å².